The van der Waals surface area contributed by atoms with Crippen LogP contribution in [0, 0.1) is 11.3 Å². The van der Waals surface area contributed by atoms with Crippen LogP contribution in [0.5, 0.6) is 5.75 Å². The molecule has 4 rings (SSSR count). The zero-order valence-electron chi connectivity index (χ0n) is 18.3. The second kappa shape index (κ2) is 8.37. The van der Waals surface area contributed by atoms with Crippen LogP contribution in [0.1, 0.15) is 34.3 Å². The highest BCUT2D eigenvalue weighted by Gasteiger charge is 2.53. The number of carbonyl (C=O) groups excluding carboxylic acids is 1. The molecular weight excluding hydrogens is 442 g/mol. The third kappa shape index (κ3) is 4.34. The van der Waals surface area contributed by atoms with Crippen molar-refractivity contribution in [2.45, 2.75) is 24.1 Å². The van der Waals surface area contributed by atoms with E-state index in [1.165, 1.54) is 16.9 Å². The molecule has 33 heavy (non-hydrogen) atoms. The Kier molecular flexibility index (Phi) is 5.72. The summed E-state index contributed by atoms with van der Waals surface area (Å²) in [6, 6.07) is 15.5. The molecular formula is C24H23N3O5S. The number of amides is 1. The molecule has 1 aliphatic carbocycles. The second-order valence-corrected chi connectivity index (χ2v) is 10.8. The van der Waals surface area contributed by atoms with Gasteiger partial charge in [-0.1, -0.05) is 24.3 Å². The van der Waals surface area contributed by atoms with Crippen molar-refractivity contribution in [2.24, 2.45) is 7.05 Å². The molecule has 3 aromatic rings. The van der Waals surface area contributed by atoms with Crippen molar-refractivity contribution < 1.29 is 17.9 Å². The molecule has 1 N–H and O–H groups in total. The number of fused-ring (bicyclic) bond motifs is 1. The first-order chi connectivity index (χ1) is 15.6. The average Bonchev–Trinajstić information content (AvgIpc) is 3.60. The molecule has 0 atom stereocenters. The van der Waals surface area contributed by atoms with Crippen molar-refractivity contribution in [2.75, 3.05) is 12.9 Å². The van der Waals surface area contributed by atoms with E-state index in [2.05, 4.69) is 5.32 Å². The molecule has 0 spiro atoms. The van der Waals surface area contributed by atoms with Gasteiger partial charge in [0, 0.05) is 25.2 Å². The molecule has 0 aliphatic heterocycles. The van der Waals surface area contributed by atoms with Crippen molar-refractivity contribution in [3.63, 3.8) is 0 Å². The van der Waals surface area contributed by atoms with E-state index in [4.69, 9.17) is 10.00 Å². The van der Waals surface area contributed by atoms with Crippen LogP contribution in [0.15, 0.2) is 53.3 Å². The summed E-state index contributed by atoms with van der Waals surface area (Å²) in [5.41, 5.74) is 1.33. The fourth-order valence-electron chi connectivity index (χ4n) is 3.74. The molecule has 170 valence electrons. The molecule has 1 heterocycles. The van der Waals surface area contributed by atoms with Crippen molar-refractivity contribution in [1.82, 2.24) is 9.88 Å². The number of sulfone groups is 1. The molecule has 1 saturated carbocycles. The maximum Gasteiger partial charge on any atom is 0.263 e. The van der Waals surface area contributed by atoms with E-state index in [1.54, 1.807) is 49.5 Å². The van der Waals surface area contributed by atoms with Crippen molar-refractivity contribution in [3.05, 3.63) is 75.6 Å². The van der Waals surface area contributed by atoms with Gasteiger partial charge in [-0.25, -0.2) is 8.42 Å². The number of rotatable bonds is 7. The third-order valence-corrected chi connectivity index (χ3v) is 8.17. The summed E-state index contributed by atoms with van der Waals surface area (Å²) >= 11 is 0. The summed E-state index contributed by atoms with van der Waals surface area (Å²) in [7, 11) is -1.69. The fraction of sp³-hybridized carbons (Fsp3) is 0.292. The lowest BCUT2D eigenvalue weighted by Gasteiger charge is -2.17. The van der Waals surface area contributed by atoms with Crippen molar-refractivity contribution >= 4 is 26.6 Å². The minimum absolute atomic E-state index is 0.00871. The third-order valence-electron chi connectivity index (χ3n) is 6.07. The van der Waals surface area contributed by atoms with Gasteiger partial charge in [0.25, 0.3) is 11.5 Å². The lowest BCUT2D eigenvalue weighted by molar-refractivity contribution is 0.0949. The number of para-hydroxylation sites is 1. The van der Waals surface area contributed by atoms with E-state index in [0.29, 0.717) is 35.1 Å². The topological polar surface area (TPSA) is 118 Å². The number of benzene rings is 2. The lowest BCUT2D eigenvalue weighted by Crippen LogP contribution is -2.32. The minimum atomic E-state index is -3.25. The number of carbonyl (C=O) groups is 1. The zero-order chi connectivity index (χ0) is 23.8. The Bertz CT molecular complexity index is 1450. The van der Waals surface area contributed by atoms with Gasteiger partial charge in [-0.3, -0.25) is 9.59 Å². The van der Waals surface area contributed by atoms with Gasteiger partial charge < -0.3 is 14.6 Å². The first kappa shape index (κ1) is 22.6. The van der Waals surface area contributed by atoms with E-state index in [9.17, 15) is 18.0 Å². The van der Waals surface area contributed by atoms with Gasteiger partial charge in [-0.2, -0.15) is 5.26 Å². The van der Waals surface area contributed by atoms with Gasteiger partial charge in [-0.15, -0.1) is 0 Å². The number of hydrogen-bond acceptors (Lipinski definition) is 6. The Balaban J connectivity index is 1.58. The summed E-state index contributed by atoms with van der Waals surface area (Å²) in [5, 5.41) is 12.2. The smallest absolute Gasteiger partial charge is 0.263 e. The highest BCUT2D eigenvalue weighted by atomic mass is 32.2. The van der Waals surface area contributed by atoms with Gasteiger partial charge in [0.1, 0.15) is 22.7 Å². The highest BCUT2D eigenvalue weighted by Crippen LogP contribution is 2.43. The van der Waals surface area contributed by atoms with Crippen molar-refractivity contribution in [1.29, 1.82) is 5.26 Å². The number of nitriles is 1. The minimum Gasteiger partial charge on any atom is -0.490 e. The molecule has 1 fully saturated rings. The van der Waals surface area contributed by atoms with Crippen LogP contribution in [-0.2, 0) is 23.4 Å². The van der Waals surface area contributed by atoms with Crippen LogP contribution < -0.4 is 15.6 Å². The zero-order valence-corrected chi connectivity index (χ0v) is 19.1. The molecule has 0 unspecified atom stereocenters. The Morgan fingerprint density at radius 1 is 1.21 bits per heavy atom. The summed E-state index contributed by atoms with van der Waals surface area (Å²) in [5.74, 6) is -0.117. The normalized spacial score (nSPS) is 14.5. The van der Waals surface area contributed by atoms with E-state index in [0.717, 1.165) is 5.56 Å². The molecule has 0 saturated heterocycles. The van der Waals surface area contributed by atoms with Crippen LogP contribution in [0.4, 0.5) is 0 Å². The van der Waals surface area contributed by atoms with E-state index in [1.807, 2.05) is 6.07 Å². The van der Waals surface area contributed by atoms with Gasteiger partial charge in [0.05, 0.1) is 17.1 Å². The van der Waals surface area contributed by atoms with Crippen LogP contribution in [0.3, 0.4) is 0 Å². The van der Waals surface area contributed by atoms with Crippen LogP contribution in [0.25, 0.3) is 10.9 Å². The number of pyridine rings is 1. The maximum atomic E-state index is 13.0. The summed E-state index contributed by atoms with van der Waals surface area (Å²) in [4.78, 5) is 25.7. The average molecular weight is 466 g/mol. The largest absolute Gasteiger partial charge is 0.490 e. The molecule has 0 radical (unpaired) electrons. The molecule has 9 heteroatoms. The Morgan fingerprint density at radius 3 is 2.52 bits per heavy atom. The monoisotopic (exact) mass is 465 g/mol. The number of nitrogens with one attached hydrogen (secondary N) is 1. The molecule has 1 aromatic heterocycles. The van der Waals surface area contributed by atoms with E-state index in [-0.39, 0.29) is 18.7 Å². The first-order valence-corrected chi connectivity index (χ1v) is 12.3. The lowest BCUT2D eigenvalue weighted by atomic mass is 10.1. The van der Waals surface area contributed by atoms with Gasteiger partial charge in [0.15, 0.2) is 9.84 Å². The van der Waals surface area contributed by atoms with Gasteiger partial charge in [-0.05, 0) is 42.7 Å². The standard InChI is InChI=1S/C24H23N3O5S/c1-27-21-18(4-3-5-20(21)32-15-24(10-11-24)33(2,30)31)12-19(23(27)29)22(28)26-14-17-8-6-16(13-25)7-9-17/h3-9,12H,10-11,14-15H2,1-2H3,(H,26,28). The second-order valence-electron chi connectivity index (χ2n) is 8.35. The van der Waals surface area contributed by atoms with Gasteiger partial charge >= 0.3 is 0 Å². The highest BCUT2D eigenvalue weighted by molar-refractivity contribution is 7.92. The fourth-order valence-corrected chi connectivity index (χ4v) is 4.86. The predicted octanol–water partition coefficient (Wildman–Crippen LogP) is 2.30. The molecule has 1 amide bonds. The van der Waals surface area contributed by atoms with Crippen LogP contribution in [-0.4, -0.2) is 36.5 Å². The predicted molar refractivity (Wildman–Crippen MR) is 124 cm³/mol. The van der Waals surface area contributed by atoms with E-state index < -0.39 is 26.1 Å². The van der Waals surface area contributed by atoms with Crippen molar-refractivity contribution in [3.8, 4) is 11.8 Å². The summed E-state index contributed by atoms with van der Waals surface area (Å²) in [6.07, 6.45) is 2.32. The Morgan fingerprint density at radius 2 is 1.91 bits per heavy atom. The first-order valence-electron chi connectivity index (χ1n) is 10.4. The maximum absolute atomic E-state index is 13.0. The SMILES string of the molecule is Cn1c(=O)c(C(=O)NCc2ccc(C#N)cc2)cc2cccc(OCC3(S(C)(=O)=O)CC3)c21. The number of ether oxygens (including phenoxy) is 1. The number of hydrogen-bond donors (Lipinski definition) is 1. The van der Waals surface area contributed by atoms with Gasteiger partial charge in [0.2, 0.25) is 0 Å². The quantitative estimate of drug-likeness (QED) is 0.572. The van der Waals surface area contributed by atoms with Crippen LogP contribution in [0.2, 0.25) is 0 Å². The Labute approximate surface area is 191 Å². The van der Waals surface area contributed by atoms with E-state index >= 15 is 0 Å². The molecule has 1 aliphatic rings. The Hall–Kier alpha value is -3.64. The molecule has 0 bridgehead atoms. The van der Waals surface area contributed by atoms with Crippen LogP contribution >= 0.6 is 0 Å². The number of aryl methyl sites for hydroxylation is 1. The number of aromatic nitrogens is 1. The summed E-state index contributed by atoms with van der Waals surface area (Å²) in [6.45, 7) is 0.231. The summed E-state index contributed by atoms with van der Waals surface area (Å²) < 4.78 is 30.4. The molecule has 8 nitrogen and oxygen atoms in total. The number of nitrogens with zero attached hydrogens (tertiary/aromatic N) is 2. The molecule has 2 aromatic carbocycles.